The van der Waals surface area contributed by atoms with Gasteiger partial charge in [-0.1, -0.05) is 57.2 Å². The van der Waals surface area contributed by atoms with Gasteiger partial charge >= 0.3 is 4.87 Å². The molecule has 196 valence electrons. The van der Waals surface area contributed by atoms with E-state index in [1.165, 1.54) is 21.2 Å². The second-order valence-electron chi connectivity index (χ2n) is 9.36. The number of pyridine rings is 1. The van der Waals surface area contributed by atoms with Crippen LogP contribution in [0.15, 0.2) is 87.4 Å². The monoisotopic (exact) mass is 620 g/mol. The number of hydrogen-bond donors (Lipinski definition) is 1. The minimum Gasteiger partial charge on any atom is -0.325 e. The Labute approximate surface area is 240 Å². The maximum Gasteiger partial charge on any atom is 0.308 e. The first kappa shape index (κ1) is 25.7. The number of thiazole rings is 1. The molecule has 3 unspecified atom stereocenters. The highest BCUT2D eigenvalue weighted by atomic mass is 79.9. The second-order valence-corrected chi connectivity index (χ2v) is 12.4. The maximum atomic E-state index is 13.8. The average Bonchev–Trinajstić information content (AvgIpc) is 3.36. The third-order valence-electron chi connectivity index (χ3n) is 6.78. The highest BCUT2D eigenvalue weighted by molar-refractivity contribution is 9.10. The summed E-state index contributed by atoms with van der Waals surface area (Å²) in [5.74, 6) is -2.27. The van der Waals surface area contributed by atoms with Crippen molar-refractivity contribution in [1.82, 2.24) is 9.55 Å². The summed E-state index contributed by atoms with van der Waals surface area (Å²) >= 11 is 5.60. The molecule has 0 spiro atoms. The molecule has 8 nitrogen and oxygen atoms in total. The molecule has 3 atom stereocenters. The SMILES string of the molecule is Cc1cccc(NC(=O)Cn2c3c(sc2=O)C(c2cccnc2)C2C(=O)N(c4ccc(Br)cc4)C(=O)C2S3)c1. The minimum atomic E-state index is -0.751. The molecule has 0 saturated carbocycles. The Bertz CT molecular complexity index is 1670. The van der Waals surface area contributed by atoms with E-state index in [2.05, 4.69) is 26.2 Å². The average molecular weight is 622 g/mol. The number of nitrogens with one attached hydrogen (secondary N) is 1. The van der Waals surface area contributed by atoms with Crippen molar-refractivity contribution in [3.63, 3.8) is 0 Å². The Hall–Kier alpha value is -3.54. The first-order valence-corrected chi connectivity index (χ1v) is 14.6. The molecule has 4 heterocycles. The molecule has 39 heavy (non-hydrogen) atoms. The van der Waals surface area contributed by atoms with Gasteiger partial charge in [-0.05, 0) is 60.5 Å². The number of nitrogens with zero attached hydrogens (tertiary/aromatic N) is 3. The number of halogens is 1. The highest BCUT2D eigenvalue weighted by Crippen LogP contribution is 2.53. The number of hydrogen-bond acceptors (Lipinski definition) is 7. The van der Waals surface area contributed by atoms with E-state index in [1.807, 2.05) is 31.2 Å². The summed E-state index contributed by atoms with van der Waals surface area (Å²) in [5, 5.41) is 2.64. The fraction of sp³-hybridized carbons (Fsp3) is 0.179. The number of amides is 3. The Morgan fingerprint density at radius 3 is 2.56 bits per heavy atom. The molecule has 1 N–H and O–H groups in total. The number of fused-ring (bicyclic) bond motifs is 2. The van der Waals surface area contributed by atoms with Gasteiger partial charge in [0.2, 0.25) is 17.7 Å². The normalized spacial score (nSPS) is 20.1. The van der Waals surface area contributed by atoms with Crippen LogP contribution >= 0.6 is 39.0 Å². The molecule has 11 heteroatoms. The van der Waals surface area contributed by atoms with Gasteiger partial charge in [0.25, 0.3) is 0 Å². The molecule has 0 bridgehead atoms. The lowest BCUT2D eigenvalue weighted by atomic mass is 9.84. The van der Waals surface area contributed by atoms with E-state index in [0.717, 1.165) is 26.9 Å². The molecule has 2 aromatic heterocycles. The fourth-order valence-corrected chi connectivity index (χ4v) is 8.12. The third-order valence-corrected chi connectivity index (χ3v) is 9.91. The third kappa shape index (κ3) is 4.64. The Morgan fingerprint density at radius 2 is 1.85 bits per heavy atom. The number of carbonyl (C=O) groups excluding carboxylic acids is 3. The number of aromatic nitrogens is 2. The number of carbonyl (C=O) groups is 3. The predicted octanol–water partition coefficient (Wildman–Crippen LogP) is 4.81. The Kier molecular flexibility index (Phi) is 6.74. The van der Waals surface area contributed by atoms with Crippen LogP contribution in [0, 0.1) is 12.8 Å². The van der Waals surface area contributed by atoms with Crippen molar-refractivity contribution in [2.75, 3.05) is 10.2 Å². The number of imide groups is 1. The standard InChI is InChI=1S/C28H21BrN4O4S2/c1-15-4-2-6-18(12-15)31-20(34)14-32-27-24(39-28(32)37)21(16-5-3-11-30-13-16)22-23(38-27)26(36)33(25(22)35)19-9-7-17(29)8-10-19/h2-13,21-23H,14H2,1H3,(H,31,34). The van der Waals surface area contributed by atoms with E-state index < -0.39 is 17.1 Å². The number of benzene rings is 2. The summed E-state index contributed by atoms with van der Waals surface area (Å²) in [5.41, 5.74) is 2.87. The van der Waals surface area contributed by atoms with Crippen molar-refractivity contribution < 1.29 is 14.4 Å². The van der Waals surface area contributed by atoms with Crippen LogP contribution in [0.5, 0.6) is 0 Å². The zero-order valence-corrected chi connectivity index (χ0v) is 23.8. The van der Waals surface area contributed by atoms with E-state index in [0.29, 0.717) is 21.3 Å². The Morgan fingerprint density at radius 1 is 1.05 bits per heavy atom. The zero-order chi connectivity index (χ0) is 27.3. The van der Waals surface area contributed by atoms with Crippen LogP contribution in [0.25, 0.3) is 0 Å². The predicted molar refractivity (Wildman–Crippen MR) is 154 cm³/mol. The molecule has 4 aromatic rings. The van der Waals surface area contributed by atoms with E-state index >= 15 is 0 Å². The van der Waals surface area contributed by atoms with Gasteiger partial charge in [0.1, 0.15) is 11.8 Å². The largest absolute Gasteiger partial charge is 0.325 e. The van der Waals surface area contributed by atoms with E-state index in [9.17, 15) is 19.2 Å². The van der Waals surface area contributed by atoms with Gasteiger partial charge in [-0.15, -0.1) is 0 Å². The van der Waals surface area contributed by atoms with Crippen LogP contribution in [0.3, 0.4) is 0 Å². The second kappa shape index (κ2) is 10.2. The molecule has 0 radical (unpaired) electrons. The lowest BCUT2D eigenvalue weighted by molar-refractivity contribution is -0.122. The summed E-state index contributed by atoms with van der Waals surface area (Å²) in [4.78, 5) is 59.6. The molecule has 0 aliphatic carbocycles. The number of rotatable bonds is 5. The summed E-state index contributed by atoms with van der Waals surface area (Å²) in [6.07, 6.45) is 3.30. The molecular weight excluding hydrogens is 600 g/mol. The van der Waals surface area contributed by atoms with Crippen LogP contribution in [0.2, 0.25) is 0 Å². The van der Waals surface area contributed by atoms with Crippen molar-refractivity contribution in [1.29, 1.82) is 0 Å². The lowest BCUT2D eigenvalue weighted by Crippen LogP contribution is -2.33. The van der Waals surface area contributed by atoms with Gasteiger partial charge in [-0.2, -0.15) is 0 Å². The van der Waals surface area contributed by atoms with E-state index in [-0.39, 0.29) is 29.1 Å². The smallest absolute Gasteiger partial charge is 0.308 e. The van der Waals surface area contributed by atoms with Crippen molar-refractivity contribution in [3.8, 4) is 0 Å². The van der Waals surface area contributed by atoms with Gasteiger partial charge in [0.15, 0.2) is 0 Å². The molecule has 3 amide bonds. The first-order chi connectivity index (χ1) is 18.8. The van der Waals surface area contributed by atoms with Crippen molar-refractivity contribution in [3.05, 3.63) is 103 Å². The summed E-state index contributed by atoms with van der Waals surface area (Å²) in [6, 6.07) is 18.0. The van der Waals surface area contributed by atoms with Gasteiger partial charge in [-0.25, -0.2) is 4.90 Å². The first-order valence-electron chi connectivity index (χ1n) is 12.1. The van der Waals surface area contributed by atoms with Crippen LogP contribution in [-0.2, 0) is 20.9 Å². The minimum absolute atomic E-state index is 0.207. The summed E-state index contributed by atoms with van der Waals surface area (Å²) in [7, 11) is 0. The molecule has 2 aliphatic rings. The van der Waals surface area contributed by atoms with Gasteiger partial charge < -0.3 is 5.32 Å². The number of anilines is 2. The molecule has 2 aromatic carbocycles. The van der Waals surface area contributed by atoms with Gasteiger partial charge in [-0.3, -0.25) is 28.7 Å². The van der Waals surface area contributed by atoms with Crippen molar-refractivity contribution in [2.24, 2.45) is 5.92 Å². The lowest BCUT2D eigenvalue weighted by Gasteiger charge is -2.30. The molecule has 1 fully saturated rings. The maximum absolute atomic E-state index is 13.8. The number of thioether (sulfide) groups is 1. The van der Waals surface area contributed by atoms with Crippen LogP contribution in [0.1, 0.15) is 21.9 Å². The zero-order valence-electron chi connectivity index (χ0n) is 20.5. The van der Waals surface area contributed by atoms with Crippen LogP contribution < -0.4 is 15.1 Å². The quantitative estimate of drug-likeness (QED) is 0.321. The van der Waals surface area contributed by atoms with Gasteiger partial charge in [0, 0.05) is 33.3 Å². The topological polar surface area (TPSA) is 101 Å². The van der Waals surface area contributed by atoms with Gasteiger partial charge in [0.05, 0.1) is 16.6 Å². The molecular formula is C28H21BrN4O4S2. The highest BCUT2D eigenvalue weighted by Gasteiger charge is 2.56. The van der Waals surface area contributed by atoms with E-state index in [4.69, 9.17) is 0 Å². The fourth-order valence-electron chi connectivity index (χ4n) is 5.09. The Balaban J connectivity index is 1.40. The van der Waals surface area contributed by atoms with Crippen molar-refractivity contribution >= 4 is 68.1 Å². The molecule has 6 rings (SSSR count). The van der Waals surface area contributed by atoms with E-state index in [1.54, 1.807) is 48.8 Å². The van der Waals surface area contributed by atoms with Crippen molar-refractivity contribution in [2.45, 2.75) is 29.7 Å². The summed E-state index contributed by atoms with van der Waals surface area (Å²) < 4.78 is 2.25. The molecule has 2 aliphatic heterocycles. The van der Waals surface area contributed by atoms with Crippen LogP contribution in [-0.4, -0.2) is 32.5 Å². The summed E-state index contributed by atoms with van der Waals surface area (Å²) in [6.45, 7) is 1.72. The van der Waals surface area contributed by atoms with Crippen LogP contribution in [0.4, 0.5) is 11.4 Å². The molecule has 1 saturated heterocycles. The number of aryl methyl sites for hydroxylation is 1.